The lowest BCUT2D eigenvalue weighted by Gasteiger charge is -2.10. The molecule has 2 aromatic carbocycles. The summed E-state index contributed by atoms with van der Waals surface area (Å²) in [6, 6.07) is 13.2. The molecule has 4 nitrogen and oxygen atoms in total. The van der Waals surface area contributed by atoms with Crippen LogP contribution in [0.5, 0.6) is 0 Å². The Bertz CT molecular complexity index is 723. The van der Waals surface area contributed by atoms with Crippen molar-refractivity contribution in [2.24, 2.45) is 0 Å². The van der Waals surface area contributed by atoms with Crippen LogP contribution in [0, 0.1) is 20.8 Å². The molecule has 0 aliphatic rings. The Morgan fingerprint density at radius 1 is 0.957 bits per heavy atom. The van der Waals surface area contributed by atoms with Crippen molar-refractivity contribution in [1.29, 1.82) is 0 Å². The number of anilines is 1. The summed E-state index contributed by atoms with van der Waals surface area (Å²) in [6.45, 7) is 6.22. The van der Waals surface area contributed by atoms with Crippen LogP contribution in [0.2, 0.25) is 0 Å². The first-order valence-corrected chi connectivity index (χ1v) is 7.67. The summed E-state index contributed by atoms with van der Waals surface area (Å²) >= 11 is 0. The fourth-order valence-electron chi connectivity index (χ4n) is 2.34. The van der Waals surface area contributed by atoms with Gasteiger partial charge in [0.1, 0.15) is 0 Å². The SMILES string of the molecule is Cc1cccc(C(=O)NCCC(=O)Nc2ccc(C)cc2C)c1. The third-order valence-electron chi connectivity index (χ3n) is 3.57. The molecular formula is C19H22N2O2. The van der Waals surface area contributed by atoms with Crippen LogP contribution in [0.1, 0.15) is 33.5 Å². The second-order valence-corrected chi connectivity index (χ2v) is 5.74. The summed E-state index contributed by atoms with van der Waals surface area (Å²) in [4.78, 5) is 23.9. The molecule has 120 valence electrons. The maximum Gasteiger partial charge on any atom is 0.251 e. The van der Waals surface area contributed by atoms with Gasteiger partial charge in [-0.2, -0.15) is 0 Å². The number of hydrogen-bond acceptors (Lipinski definition) is 2. The van der Waals surface area contributed by atoms with Gasteiger partial charge in [-0.1, -0.05) is 35.4 Å². The molecule has 0 saturated carbocycles. The number of hydrogen-bond donors (Lipinski definition) is 2. The zero-order valence-corrected chi connectivity index (χ0v) is 13.8. The van der Waals surface area contributed by atoms with E-state index in [9.17, 15) is 9.59 Å². The van der Waals surface area contributed by atoms with Crippen molar-refractivity contribution >= 4 is 17.5 Å². The van der Waals surface area contributed by atoms with E-state index in [2.05, 4.69) is 10.6 Å². The van der Waals surface area contributed by atoms with Crippen LogP contribution < -0.4 is 10.6 Å². The van der Waals surface area contributed by atoms with Gasteiger partial charge in [0.25, 0.3) is 5.91 Å². The summed E-state index contributed by atoms with van der Waals surface area (Å²) < 4.78 is 0. The lowest BCUT2D eigenvalue weighted by molar-refractivity contribution is -0.116. The van der Waals surface area contributed by atoms with Crippen molar-refractivity contribution in [2.75, 3.05) is 11.9 Å². The van der Waals surface area contributed by atoms with E-state index in [1.165, 1.54) is 0 Å². The van der Waals surface area contributed by atoms with Gasteiger partial charge in [0.2, 0.25) is 5.91 Å². The van der Waals surface area contributed by atoms with E-state index >= 15 is 0 Å². The Hall–Kier alpha value is -2.62. The van der Waals surface area contributed by atoms with E-state index in [-0.39, 0.29) is 18.2 Å². The molecule has 0 aliphatic carbocycles. The molecule has 23 heavy (non-hydrogen) atoms. The fourth-order valence-corrected chi connectivity index (χ4v) is 2.34. The minimum atomic E-state index is -0.159. The number of carbonyl (C=O) groups excluding carboxylic acids is 2. The molecule has 0 unspecified atom stereocenters. The Balaban J connectivity index is 1.81. The van der Waals surface area contributed by atoms with E-state index < -0.39 is 0 Å². The van der Waals surface area contributed by atoms with Gasteiger partial charge >= 0.3 is 0 Å². The normalized spacial score (nSPS) is 10.2. The van der Waals surface area contributed by atoms with Crippen LogP contribution in [-0.4, -0.2) is 18.4 Å². The highest BCUT2D eigenvalue weighted by molar-refractivity contribution is 5.95. The molecule has 0 aromatic heterocycles. The van der Waals surface area contributed by atoms with Crippen molar-refractivity contribution in [3.8, 4) is 0 Å². The van der Waals surface area contributed by atoms with Crippen LogP contribution in [0.25, 0.3) is 0 Å². The largest absolute Gasteiger partial charge is 0.352 e. The minimum absolute atomic E-state index is 0.110. The highest BCUT2D eigenvalue weighted by Crippen LogP contribution is 2.16. The first kappa shape index (κ1) is 16.7. The predicted molar refractivity (Wildman–Crippen MR) is 92.7 cm³/mol. The van der Waals surface area contributed by atoms with Gasteiger partial charge in [-0.15, -0.1) is 0 Å². The predicted octanol–water partition coefficient (Wildman–Crippen LogP) is 3.37. The van der Waals surface area contributed by atoms with Crippen LogP contribution in [0.15, 0.2) is 42.5 Å². The Morgan fingerprint density at radius 3 is 2.39 bits per heavy atom. The van der Waals surface area contributed by atoms with Gasteiger partial charge in [0.05, 0.1) is 0 Å². The first-order valence-electron chi connectivity index (χ1n) is 7.67. The van der Waals surface area contributed by atoms with Crippen LogP contribution in [0.3, 0.4) is 0 Å². The number of aryl methyl sites for hydroxylation is 3. The molecule has 0 heterocycles. The maximum atomic E-state index is 12.0. The average molecular weight is 310 g/mol. The number of benzene rings is 2. The lowest BCUT2D eigenvalue weighted by atomic mass is 10.1. The molecule has 0 radical (unpaired) electrons. The quantitative estimate of drug-likeness (QED) is 0.889. The fraction of sp³-hybridized carbons (Fsp3) is 0.263. The molecule has 0 fully saturated rings. The van der Waals surface area contributed by atoms with Crippen LogP contribution in [-0.2, 0) is 4.79 Å². The third kappa shape index (κ3) is 4.95. The van der Waals surface area contributed by atoms with Gasteiger partial charge in [0, 0.05) is 24.2 Å². The number of carbonyl (C=O) groups is 2. The monoisotopic (exact) mass is 310 g/mol. The Morgan fingerprint density at radius 2 is 1.70 bits per heavy atom. The van der Waals surface area contributed by atoms with E-state index in [1.807, 2.05) is 57.2 Å². The molecular weight excluding hydrogens is 288 g/mol. The molecule has 0 saturated heterocycles. The zero-order valence-electron chi connectivity index (χ0n) is 13.8. The van der Waals surface area contributed by atoms with Gasteiger partial charge in [-0.05, 0) is 44.5 Å². The zero-order chi connectivity index (χ0) is 16.8. The second-order valence-electron chi connectivity index (χ2n) is 5.74. The van der Waals surface area contributed by atoms with Crippen LogP contribution in [0.4, 0.5) is 5.69 Å². The molecule has 4 heteroatoms. The van der Waals surface area contributed by atoms with Crippen molar-refractivity contribution in [1.82, 2.24) is 5.32 Å². The molecule has 2 rings (SSSR count). The molecule has 0 spiro atoms. The molecule has 0 aliphatic heterocycles. The molecule has 0 bridgehead atoms. The van der Waals surface area contributed by atoms with E-state index in [0.717, 1.165) is 22.4 Å². The second kappa shape index (κ2) is 7.58. The van der Waals surface area contributed by atoms with Gasteiger partial charge in [0.15, 0.2) is 0 Å². The van der Waals surface area contributed by atoms with Gasteiger partial charge in [-0.3, -0.25) is 9.59 Å². The summed E-state index contributed by atoms with van der Waals surface area (Å²) in [7, 11) is 0. The molecule has 0 atom stereocenters. The van der Waals surface area contributed by atoms with Gasteiger partial charge < -0.3 is 10.6 Å². The number of rotatable bonds is 5. The first-order chi connectivity index (χ1) is 11.0. The van der Waals surface area contributed by atoms with E-state index in [0.29, 0.717) is 12.1 Å². The Labute approximate surface area is 136 Å². The Kier molecular flexibility index (Phi) is 5.52. The summed E-state index contributed by atoms with van der Waals surface area (Å²) in [5.41, 5.74) is 4.64. The summed E-state index contributed by atoms with van der Waals surface area (Å²) in [5.74, 6) is -0.269. The highest BCUT2D eigenvalue weighted by Gasteiger charge is 2.08. The van der Waals surface area contributed by atoms with Crippen molar-refractivity contribution < 1.29 is 9.59 Å². The molecule has 2 amide bonds. The lowest BCUT2D eigenvalue weighted by Crippen LogP contribution is -2.27. The maximum absolute atomic E-state index is 12.0. The standard InChI is InChI=1S/C19H22N2O2/c1-13-5-4-6-16(12-13)19(23)20-10-9-18(22)21-17-8-7-14(2)11-15(17)3/h4-8,11-12H,9-10H2,1-3H3,(H,20,23)(H,21,22). The average Bonchev–Trinajstić information content (AvgIpc) is 2.50. The summed E-state index contributed by atoms with van der Waals surface area (Å²) in [5, 5.41) is 5.64. The minimum Gasteiger partial charge on any atom is -0.352 e. The smallest absolute Gasteiger partial charge is 0.251 e. The molecule has 2 N–H and O–H groups in total. The van der Waals surface area contributed by atoms with Crippen molar-refractivity contribution in [3.05, 3.63) is 64.7 Å². The highest BCUT2D eigenvalue weighted by atomic mass is 16.2. The van der Waals surface area contributed by atoms with Crippen LogP contribution >= 0.6 is 0 Å². The third-order valence-corrected chi connectivity index (χ3v) is 3.57. The van der Waals surface area contributed by atoms with Gasteiger partial charge in [-0.25, -0.2) is 0 Å². The number of amides is 2. The van der Waals surface area contributed by atoms with E-state index in [1.54, 1.807) is 6.07 Å². The number of nitrogens with one attached hydrogen (secondary N) is 2. The molecule has 2 aromatic rings. The summed E-state index contributed by atoms with van der Waals surface area (Å²) in [6.07, 6.45) is 0.241. The van der Waals surface area contributed by atoms with Crippen molar-refractivity contribution in [2.45, 2.75) is 27.2 Å². The van der Waals surface area contributed by atoms with E-state index in [4.69, 9.17) is 0 Å². The topological polar surface area (TPSA) is 58.2 Å². The van der Waals surface area contributed by atoms with Crippen molar-refractivity contribution in [3.63, 3.8) is 0 Å².